The number of nitrogens with one attached hydrogen (secondary N) is 1. The molecule has 2 rings (SSSR count). The van der Waals surface area contributed by atoms with Crippen molar-refractivity contribution >= 4 is 17.5 Å². The monoisotopic (exact) mass is 284 g/mol. The van der Waals surface area contributed by atoms with Crippen molar-refractivity contribution in [3.8, 4) is 0 Å². The first kappa shape index (κ1) is 15.0. The van der Waals surface area contributed by atoms with Gasteiger partial charge in [-0.1, -0.05) is 25.1 Å². The Bertz CT molecular complexity index is 586. The van der Waals surface area contributed by atoms with E-state index in [0.29, 0.717) is 18.2 Å². The predicted octanol–water partition coefficient (Wildman–Crippen LogP) is 2.77. The van der Waals surface area contributed by atoms with Gasteiger partial charge >= 0.3 is 0 Å². The van der Waals surface area contributed by atoms with Gasteiger partial charge in [-0.15, -0.1) is 0 Å². The van der Waals surface area contributed by atoms with Crippen molar-refractivity contribution < 1.29 is 4.79 Å². The Morgan fingerprint density at radius 3 is 2.62 bits per heavy atom. The Labute approximate surface area is 125 Å². The standard InChI is InChI=1S/C16H20N4O/c1-3-11-17-15(21)14-10-12-18-16(19-14)20(4-2)13-8-6-5-7-9-13/h5-10,12H,3-4,11H2,1-2H3,(H,17,21). The molecule has 0 bridgehead atoms. The lowest BCUT2D eigenvalue weighted by Crippen LogP contribution is -2.26. The van der Waals surface area contributed by atoms with Crippen LogP contribution < -0.4 is 10.2 Å². The van der Waals surface area contributed by atoms with Crippen LogP contribution in [0.2, 0.25) is 0 Å². The summed E-state index contributed by atoms with van der Waals surface area (Å²) in [5.74, 6) is 0.373. The molecule has 5 nitrogen and oxygen atoms in total. The first-order valence-electron chi connectivity index (χ1n) is 7.20. The molecule has 0 saturated heterocycles. The first-order chi connectivity index (χ1) is 10.3. The van der Waals surface area contributed by atoms with Gasteiger partial charge in [0.25, 0.3) is 5.91 Å². The van der Waals surface area contributed by atoms with Gasteiger partial charge in [0, 0.05) is 25.0 Å². The van der Waals surface area contributed by atoms with Crippen molar-refractivity contribution in [2.75, 3.05) is 18.0 Å². The normalized spacial score (nSPS) is 10.2. The fraction of sp³-hybridized carbons (Fsp3) is 0.312. The second-order valence-corrected chi connectivity index (χ2v) is 4.58. The lowest BCUT2D eigenvalue weighted by Gasteiger charge is -2.21. The number of amides is 1. The minimum absolute atomic E-state index is 0.162. The average molecular weight is 284 g/mol. The zero-order valence-electron chi connectivity index (χ0n) is 12.4. The Morgan fingerprint density at radius 2 is 1.95 bits per heavy atom. The van der Waals surface area contributed by atoms with Crippen molar-refractivity contribution in [3.63, 3.8) is 0 Å². The van der Waals surface area contributed by atoms with Gasteiger partial charge in [0.15, 0.2) is 0 Å². The molecule has 1 aromatic carbocycles. The van der Waals surface area contributed by atoms with Crippen LogP contribution in [0.3, 0.4) is 0 Å². The van der Waals surface area contributed by atoms with Crippen LogP contribution in [0.1, 0.15) is 30.8 Å². The van der Waals surface area contributed by atoms with E-state index in [1.54, 1.807) is 12.3 Å². The van der Waals surface area contributed by atoms with E-state index >= 15 is 0 Å². The zero-order chi connectivity index (χ0) is 15.1. The molecular formula is C16H20N4O. The molecular weight excluding hydrogens is 264 g/mol. The van der Waals surface area contributed by atoms with Gasteiger partial charge in [0.05, 0.1) is 0 Å². The summed E-state index contributed by atoms with van der Waals surface area (Å²) in [6, 6.07) is 11.5. The van der Waals surface area contributed by atoms with E-state index in [0.717, 1.165) is 18.7 Å². The van der Waals surface area contributed by atoms with Crippen LogP contribution in [0, 0.1) is 0 Å². The van der Waals surface area contributed by atoms with Crippen LogP contribution in [-0.2, 0) is 0 Å². The number of nitrogens with zero attached hydrogens (tertiary/aromatic N) is 3. The molecule has 1 amide bonds. The van der Waals surface area contributed by atoms with Crippen molar-refractivity contribution in [2.24, 2.45) is 0 Å². The van der Waals surface area contributed by atoms with Crippen LogP contribution in [0.15, 0.2) is 42.6 Å². The van der Waals surface area contributed by atoms with E-state index in [9.17, 15) is 4.79 Å². The zero-order valence-corrected chi connectivity index (χ0v) is 12.4. The highest BCUT2D eigenvalue weighted by molar-refractivity contribution is 5.92. The van der Waals surface area contributed by atoms with Crippen molar-refractivity contribution in [3.05, 3.63) is 48.3 Å². The van der Waals surface area contributed by atoms with Gasteiger partial charge in [-0.25, -0.2) is 9.97 Å². The summed E-state index contributed by atoms with van der Waals surface area (Å²) in [6.45, 7) is 5.42. The molecule has 110 valence electrons. The third-order valence-electron chi connectivity index (χ3n) is 3.04. The number of carbonyl (C=O) groups excluding carboxylic acids is 1. The molecule has 1 aromatic heterocycles. The Kier molecular flexibility index (Phi) is 5.26. The third-order valence-corrected chi connectivity index (χ3v) is 3.04. The molecule has 0 aliphatic rings. The van der Waals surface area contributed by atoms with E-state index in [4.69, 9.17) is 0 Å². The molecule has 0 atom stereocenters. The van der Waals surface area contributed by atoms with Crippen molar-refractivity contribution in [1.82, 2.24) is 15.3 Å². The van der Waals surface area contributed by atoms with E-state index in [-0.39, 0.29) is 5.91 Å². The molecule has 0 fully saturated rings. The average Bonchev–Trinajstić information content (AvgIpc) is 2.54. The Hall–Kier alpha value is -2.43. The third kappa shape index (κ3) is 3.78. The topological polar surface area (TPSA) is 58.1 Å². The highest BCUT2D eigenvalue weighted by Crippen LogP contribution is 2.20. The minimum atomic E-state index is -0.162. The smallest absolute Gasteiger partial charge is 0.270 e. The lowest BCUT2D eigenvalue weighted by molar-refractivity contribution is 0.0948. The summed E-state index contributed by atoms with van der Waals surface area (Å²) >= 11 is 0. The molecule has 0 aliphatic heterocycles. The highest BCUT2D eigenvalue weighted by atomic mass is 16.1. The number of anilines is 2. The largest absolute Gasteiger partial charge is 0.351 e. The number of aromatic nitrogens is 2. The second-order valence-electron chi connectivity index (χ2n) is 4.58. The van der Waals surface area contributed by atoms with Crippen LogP contribution >= 0.6 is 0 Å². The molecule has 0 saturated carbocycles. The van der Waals surface area contributed by atoms with E-state index in [1.165, 1.54) is 0 Å². The summed E-state index contributed by atoms with van der Waals surface area (Å²) in [5.41, 5.74) is 1.40. The van der Waals surface area contributed by atoms with Gasteiger partial charge in [0.1, 0.15) is 5.69 Å². The van der Waals surface area contributed by atoms with Crippen LogP contribution in [0.5, 0.6) is 0 Å². The van der Waals surface area contributed by atoms with E-state index in [2.05, 4.69) is 15.3 Å². The van der Waals surface area contributed by atoms with Gasteiger partial charge in [-0.05, 0) is 31.5 Å². The molecule has 2 aromatic rings. The SMILES string of the molecule is CCCNC(=O)c1ccnc(N(CC)c2ccccc2)n1. The number of hydrogen-bond acceptors (Lipinski definition) is 4. The first-order valence-corrected chi connectivity index (χ1v) is 7.20. The summed E-state index contributed by atoms with van der Waals surface area (Å²) < 4.78 is 0. The van der Waals surface area contributed by atoms with Crippen molar-refractivity contribution in [2.45, 2.75) is 20.3 Å². The molecule has 5 heteroatoms. The molecule has 1 heterocycles. The number of rotatable bonds is 6. The summed E-state index contributed by atoms with van der Waals surface area (Å²) in [4.78, 5) is 22.6. The summed E-state index contributed by atoms with van der Waals surface area (Å²) in [5, 5.41) is 2.82. The molecule has 21 heavy (non-hydrogen) atoms. The van der Waals surface area contributed by atoms with E-state index < -0.39 is 0 Å². The van der Waals surface area contributed by atoms with Gasteiger partial charge < -0.3 is 10.2 Å². The highest BCUT2D eigenvalue weighted by Gasteiger charge is 2.13. The maximum atomic E-state index is 12.0. The van der Waals surface area contributed by atoms with E-state index in [1.807, 2.05) is 49.1 Å². The quantitative estimate of drug-likeness (QED) is 0.886. The van der Waals surface area contributed by atoms with Gasteiger partial charge in [-0.3, -0.25) is 4.79 Å². The number of carbonyl (C=O) groups is 1. The second kappa shape index (κ2) is 7.38. The Balaban J connectivity index is 2.25. The number of hydrogen-bond donors (Lipinski definition) is 1. The maximum absolute atomic E-state index is 12.0. The van der Waals surface area contributed by atoms with Gasteiger partial charge in [0.2, 0.25) is 5.95 Å². The summed E-state index contributed by atoms with van der Waals surface area (Å²) in [7, 11) is 0. The van der Waals surface area contributed by atoms with Crippen LogP contribution in [-0.4, -0.2) is 29.0 Å². The van der Waals surface area contributed by atoms with Crippen LogP contribution in [0.25, 0.3) is 0 Å². The molecule has 0 spiro atoms. The van der Waals surface area contributed by atoms with Gasteiger partial charge in [-0.2, -0.15) is 0 Å². The predicted molar refractivity (Wildman–Crippen MR) is 83.8 cm³/mol. The number of para-hydroxylation sites is 1. The lowest BCUT2D eigenvalue weighted by atomic mass is 10.3. The van der Waals surface area contributed by atoms with Crippen molar-refractivity contribution in [1.29, 1.82) is 0 Å². The number of benzene rings is 1. The molecule has 1 N–H and O–H groups in total. The maximum Gasteiger partial charge on any atom is 0.270 e. The fourth-order valence-electron chi connectivity index (χ4n) is 1.98. The fourth-order valence-corrected chi connectivity index (χ4v) is 1.98. The molecule has 0 radical (unpaired) electrons. The molecule has 0 unspecified atom stereocenters. The van der Waals surface area contributed by atoms with Crippen LogP contribution in [0.4, 0.5) is 11.6 Å². The minimum Gasteiger partial charge on any atom is -0.351 e. The molecule has 0 aliphatic carbocycles. The summed E-state index contributed by atoms with van der Waals surface area (Å²) in [6.07, 6.45) is 2.52. The Morgan fingerprint density at radius 1 is 1.19 bits per heavy atom.